The lowest BCUT2D eigenvalue weighted by Gasteiger charge is -2.09. The first-order valence-electron chi connectivity index (χ1n) is 7.92. The Bertz CT molecular complexity index is 1150. The van der Waals surface area contributed by atoms with E-state index in [1.807, 2.05) is 13.0 Å². The predicted octanol–water partition coefficient (Wildman–Crippen LogP) is 2.75. The predicted molar refractivity (Wildman–Crippen MR) is 95.1 cm³/mol. The third kappa shape index (κ3) is 2.93. The average Bonchev–Trinajstić information content (AvgIpc) is 3.31. The number of aromatic nitrogens is 4. The van der Waals surface area contributed by atoms with E-state index in [0.717, 1.165) is 17.7 Å². The summed E-state index contributed by atoms with van der Waals surface area (Å²) in [7, 11) is -3.77. The highest BCUT2D eigenvalue weighted by molar-refractivity contribution is 7.92. The standard InChI is InChI=1S/C17H15N5O3S/c1-2-13-9-17-19-8-7-16(22(17)20-13)21-26(23,24)14-5-3-12(4-6-14)15-10-18-11-25-15/h3-11,21H,2H2,1H3. The Balaban J connectivity index is 1.66. The molecule has 0 aliphatic rings. The molecule has 1 aromatic carbocycles. The van der Waals surface area contributed by atoms with Gasteiger partial charge in [0.05, 0.1) is 16.8 Å². The van der Waals surface area contributed by atoms with Crippen LogP contribution in [-0.4, -0.2) is 28.0 Å². The Morgan fingerprint density at radius 1 is 1.19 bits per heavy atom. The maximum Gasteiger partial charge on any atom is 0.263 e. The fourth-order valence-electron chi connectivity index (χ4n) is 2.55. The van der Waals surface area contributed by atoms with Crippen molar-refractivity contribution in [1.82, 2.24) is 19.6 Å². The average molecular weight is 369 g/mol. The van der Waals surface area contributed by atoms with Crippen molar-refractivity contribution in [3.8, 4) is 11.3 Å². The lowest BCUT2D eigenvalue weighted by Crippen LogP contribution is -2.15. The van der Waals surface area contributed by atoms with Gasteiger partial charge in [-0.05, 0) is 36.8 Å². The molecule has 3 heterocycles. The maximum absolute atomic E-state index is 12.7. The van der Waals surface area contributed by atoms with E-state index in [9.17, 15) is 8.42 Å². The molecule has 8 nitrogen and oxygen atoms in total. The second-order valence-corrected chi connectivity index (χ2v) is 7.27. The third-order valence-electron chi connectivity index (χ3n) is 3.89. The number of fused-ring (bicyclic) bond motifs is 1. The number of nitrogens with one attached hydrogen (secondary N) is 1. The molecule has 0 aliphatic heterocycles. The van der Waals surface area contributed by atoms with Crippen molar-refractivity contribution in [2.75, 3.05) is 4.72 Å². The SMILES string of the molecule is CCc1cc2nccc(NS(=O)(=O)c3ccc(-c4cnco4)cc3)n2n1. The fraction of sp³-hybridized carbons (Fsp3) is 0.118. The molecule has 26 heavy (non-hydrogen) atoms. The number of aryl methyl sites for hydroxylation is 1. The van der Waals surface area contributed by atoms with E-state index in [1.54, 1.807) is 30.6 Å². The number of nitrogens with zero attached hydrogens (tertiary/aromatic N) is 4. The largest absolute Gasteiger partial charge is 0.444 e. The summed E-state index contributed by atoms with van der Waals surface area (Å²) in [6, 6.07) is 9.75. The number of oxazole rings is 1. The molecule has 3 aromatic heterocycles. The van der Waals surface area contributed by atoms with Gasteiger partial charge in [-0.2, -0.15) is 9.61 Å². The normalized spacial score (nSPS) is 11.7. The highest BCUT2D eigenvalue weighted by Gasteiger charge is 2.17. The molecule has 0 atom stereocenters. The van der Waals surface area contributed by atoms with E-state index in [1.165, 1.54) is 23.0 Å². The lowest BCUT2D eigenvalue weighted by molar-refractivity contribution is 0.572. The summed E-state index contributed by atoms with van der Waals surface area (Å²) in [5, 5.41) is 4.36. The minimum absolute atomic E-state index is 0.133. The van der Waals surface area contributed by atoms with E-state index >= 15 is 0 Å². The zero-order chi connectivity index (χ0) is 18.1. The van der Waals surface area contributed by atoms with Crippen LogP contribution in [0.25, 0.3) is 17.0 Å². The van der Waals surface area contributed by atoms with Crippen molar-refractivity contribution in [3.05, 3.63) is 60.9 Å². The minimum atomic E-state index is -3.77. The van der Waals surface area contributed by atoms with Crippen LogP contribution >= 0.6 is 0 Å². The van der Waals surface area contributed by atoms with Gasteiger partial charge in [0.2, 0.25) is 0 Å². The summed E-state index contributed by atoms with van der Waals surface area (Å²) in [6.07, 6.45) is 5.17. The van der Waals surface area contributed by atoms with Crippen molar-refractivity contribution in [2.45, 2.75) is 18.2 Å². The van der Waals surface area contributed by atoms with Gasteiger partial charge in [0.1, 0.15) is 5.82 Å². The van der Waals surface area contributed by atoms with Crippen LogP contribution in [0.5, 0.6) is 0 Å². The summed E-state index contributed by atoms with van der Waals surface area (Å²) >= 11 is 0. The van der Waals surface area contributed by atoms with Crippen LogP contribution in [0.1, 0.15) is 12.6 Å². The second kappa shape index (κ2) is 6.26. The van der Waals surface area contributed by atoms with E-state index in [0.29, 0.717) is 17.2 Å². The summed E-state index contributed by atoms with van der Waals surface area (Å²) in [5.74, 6) is 0.899. The molecule has 1 N–H and O–H groups in total. The number of benzene rings is 1. The van der Waals surface area contributed by atoms with Crippen LogP contribution in [-0.2, 0) is 16.4 Å². The van der Waals surface area contributed by atoms with Crippen LogP contribution in [0.4, 0.5) is 5.82 Å². The molecule has 0 unspecified atom stereocenters. The molecule has 4 rings (SSSR count). The molecule has 132 valence electrons. The van der Waals surface area contributed by atoms with E-state index in [2.05, 4.69) is 19.8 Å². The molecular weight excluding hydrogens is 354 g/mol. The van der Waals surface area contributed by atoms with Gasteiger partial charge < -0.3 is 4.42 Å². The zero-order valence-electron chi connectivity index (χ0n) is 13.8. The summed E-state index contributed by atoms with van der Waals surface area (Å²) in [6.45, 7) is 1.97. The Morgan fingerprint density at radius 3 is 2.69 bits per heavy atom. The quantitative estimate of drug-likeness (QED) is 0.580. The number of hydrogen-bond acceptors (Lipinski definition) is 6. The summed E-state index contributed by atoms with van der Waals surface area (Å²) < 4.78 is 34.7. The lowest BCUT2D eigenvalue weighted by atomic mass is 10.2. The molecule has 0 fully saturated rings. The van der Waals surface area contributed by atoms with Gasteiger partial charge in [-0.1, -0.05) is 6.92 Å². The third-order valence-corrected chi connectivity index (χ3v) is 5.26. The van der Waals surface area contributed by atoms with Gasteiger partial charge >= 0.3 is 0 Å². The van der Waals surface area contributed by atoms with Crippen LogP contribution in [0, 0.1) is 0 Å². The van der Waals surface area contributed by atoms with Crippen molar-refractivity contribution >= 4 is 21.5 Å². The molecule has 0 amide bonds. The minimum Gasteiger partial charge on any atom is -0.444 e. The molecule has 0 spiro atoms. The van der Waals surface area contributed by atoms with Crippen molar-refractivity contribution in [3.63, 3.8) is 0 Å². The van der Waals surface area contributed by atoms with E-state index in [-0.39, 0.29) is 4.90 Å². The van der Waals surface area contributed by atoms with E-state index in [4.69, 9.17) is 4.42 Å². The first-order valence-corrected chi connectivity index (χ1v) is 9.40. The number of hydrogen-bond donors (Lipinski definition) is 1. The number of sulfonamides is 1. The van der Waals surface area contributed by atoms with Gasteiger partial charge in [-0.25, -0.2) is 18.4 Å². The monoisotopic (exact) mass is 369 g/mol. The molecule has 4 aromatic rings. The highest BCUT2D eigenvalue weighted by Crippen LogP contribution is 2.22. The number of rotatable bonds is 5. The van der Waals surface area contributed by atoms with Gasteiger partial charge in [0, 0.05) is 17.8 Å². The topological polar surface area (TPSA) is 102 Å². The Kier molecular flexibility index (Phi) is 3.92. The van der Waals surface area contributed by atoms with Crippen molar-refractivity contribution < 1.29 is 12.8 Å². The zero-order valence-corrected chi connectivity index (χ0v) is 14.6. The van der Waals surface area contributed by atoms with Crippen LogP contribution in [0.15, 0.2) is 64.5 Å². The molecule has 0 saturated heterocycles. The van der Waals surface area contributed by atoms with Gasteiger partial charge in [0.25, 0.3) is 10.0 Å². The molecule has 9 heteroatoms. The maximum atomic E-state index is 12.7. The van der Waals surface area contributed by atoms with Crippen LogP contribution < -0.4 is 4.72 Å². The second-order valence-electron chi connectivity index (χ2n) is 5.58. The van der Waals surface area contributed by atoms with Crippen molar-refractivity contribution in [2.24, 2.45) is 0 Å². The molecule has 0 saturated carbocycles. The summed E-state index contributed by atoms with van der Waals surface area (Å²) in [5.41, 5.74) is 2.16. The fourth-order valence-corrected chi connectivity index (χ4v) is 3.59. The van der Waals surface area contributed by atoms with Gasteiger partial charge in [-0.3, -0.25) is 4.72 Å². The Hall–Kier alpha value is -3.20. The van der Waals surface area contributed by atoms with Crippen molar-refractivity contribution in [1.29, 1.82) is 0 Å². The van der Waals surface area contributed by atoms with Gasteiger partial charge in [-0.15, -0.1) is 0 Å². The van der Waals surface area contributed by atoms with Gasteiger partial charge in [0.15, 0.2) is 17.8 Å². The smallest absolute Gasteiger partial charge is 0.263 e. The first-order chi connectivity index (χ1) is 12.6. The molecule has 0 bridgehead atoms. The molecular formula is C17H15N5O3S. The molecule has 0 radical (unpaired) electrons. The Morgan fingerprint density at radius 2 is 2.00 bits per heavy atom. The number of anilines is 1. The van der Waals surface area contributed by atoms with E-state index < -0.39 is 10.0 Å². The van der Waals surface area contributed by atoms with Crippen LogP contribution in [0.3, 0.4) is 0 Å². The summed E-state index contributed by atoms with van der Waals surface area (Å²) in [4.78, 5) is 8.19. The molecule has 0 aliphatic carbocycles. The van der Waals surface area contributed by atoms with Crippen LogP contribution in [0.2, 0.25) is 0 Å². The Labute approximate surface area is 149 Å². The highest BCUT2D eigenvalue weighted by atomic mass is 32.2. The first kappa shape index (κ1) is 16.3.